The Morgan fingerprint density at radius 1 is 1.04 bits per heavy atom. The van der Waals surface area contributed by atoms with Crippen LogP contribution < -0.4 is 5.32 Å². The summed E-state index contributed by atoms with van der Waals surface area (Å²) >= 11 is 4.28. The fourth-order valence-electron chi connectivity index (χ4n) is 2.57. The summed E-state index contributed by atoms with van der Waals surface area (Å²) in [5.74, 6) is -1.13. The van der Waals surface area contributed by atoms with Gasteiger partial charge in [-0.2, -0.15) is 5.26 Å². The van der Waals surface area contributed by atoms with E-state index >= 15 is 0 Å². The van der Waals surface area contributed by atoms with Crippen molar-refractivity contribution >= 4 is 24.3 Å². The molecule has 1 aliphatic heterocycles. The van der Waals surface area contributed by atoms with Gasteiger partial charge in [0.2, 0.25) is 0 Å². The maximum atomic E-state index is 11.4. The van der Waals surface area contributed by atoms with Crippen LogP contribution in [0, 0.1) is 11.3 Å². The number of dihydropyridines is 1. The summed E-state index contributed by atoms with van der Waals surface area (Å²) in [6.07, 6.45) is 1.48. The second-order valence-corrected chi connectivity index (χ2v) is 5.81. The zero-order chi connectivity index (χ0) is 17.1. The Bertz CT molecular complexity index is 878. The summed E-state index contributed by atoms with van der Waals surface area (Å²) in [7, 11) is 0. The predicted octanol–water partition coefficient (Wildman–Crippen LogP) is 3.46. The third kappa shape index (κ3) is 3.05. The van der Waals surface area contributed by atoms with Crippen molar-refractivity contribution in [1.29, 1.82) is 5.26 Å². The third-order valence-corrected chi connectivity index (χ3v) is 4.19. The van der Waals surface area contributed by atoms with Crippen LogP contribution in [0.3, 0.4) is 0 Å². The lowest BCUT2D eigenvalue weighted by atomic mass is 9.98. The molecule has 24 heavy (non-hydrogen) atoms. The number of hydrogen-bond acceptors (Lipinski definition) is 4. The first-order valence-electron chi connectivity index (χ1n) is 7.30. The van der Waals surface area contributed by atoms with Crippen molar-refractivity contribution < 1.29 is 9.90 Å². The average Bonchev–Trinajstić information content (AvgIpc) is 2.62. The Balaban J connectivity index is 1.97. The Hall–Kier alpha value is -2.97. The van der Waals surface area contributed by atoms with E-state index in [0.29, 0.717) is 5.70 Å². The number of thiol groups is 1. The number of nitriles is 1. The zero-order valence-electron chi connectivity index (χ0n) is 12.6. The molecule has 4 nitrogen and oxygen atoms in total. The molecule has 0 aromatic heterocycles. The van der Waals surface area contributed by atoms with E-state index in [1.165, 1.54) is 6.08 Å². The van der Waals surface area contributed by atoms with E-state index in [1.807, 2.05) is 60.7 Å². The molecule has 1 heterocycles. The fourth-order valence-corrected chi connectivity index (χ4v) is 2.90. The van der Waals surface area contributed by atoms with E-state index < -0.39 is 11.3 Å². The molecular weight excluding hydrogens is 320 g/mol. The third-order valence-electron chi connectivity index (χ3n) is 3.80. The predicted molar refractivity (Wildman–Crippen MR) is 96.0 cm³/mol. The quantitative estimate of drug-likeness (QED) is 0.752. The SMILES string of the molecule is N#CC1=C(C(=O)O)C=C(c2ccc(-c3ccccc3)cc2)NC1S. The Morgan fingerprint density at radius 2 is 1.62 bits per heavy atom. The highest BCUT2D eigenvalue weighted by atomic mass is 32.1. The minimum absolute atomic E-state index is 0.0293. The van der Waals surface area contributed by atoms with Crippen molar-refractivity contribution in [3.63, 3.8) is 0 Å². The summed E-state index contributed by atoms with van der Waals surface area (Å²) in [6, 6.07) is 19.7. The molecule has 1 atom stereocenters. The van der Waals surface area contributed by atoms with E-state index in [2.05, 4.69) is 17.9 Å². The number of carboxylic acid groups (broad SMARTS) is 1. The van der Waals surface area contributed by atoms with Crippen LogP contribution in [0.2, 0.25) is 0 Å². The van der Waals surface area contributed by atoms with Gasteiger partial charge in [-0.3, -0.25) is 0 Å². The minimum Gasteiger partial charge on any atom is -0.478 e. The molecule has 0 aliphatic carbocycles. The number of hydrogen-bond donors (Lipinski definition) is 3. The molecule has 1 unspecified atom stereocenters. The highest BCUT2D eigenvalue weighted by Crippen LogP contribution is 2.27. The normalized spacial score (nSPS) is 16.8. The Labute approximate surface area is 145 Å². The molecule has 0 fully saturated rings. The standard InChI is InChI=1S/C19H14N2O2S/c20-11-16-15(19(22)23)10-17(21-18(16)24)14-8-6-13(7-9-14)12-4-2-1-3-5-12/h1-10,18,21,24H,(H,22,23). The fraction of sp³-hybridized carbons (Fsp3) is 0.0526. The van der Waals surface area contributed by atoms with Crippen LogP contribution in [0.25, 0.3) is 16.8 Å². The summed E-state index contributed by atoms with van der Waals surface area (Å²) < 4.78 is 0. The second-order valence-electron chi connectivity index (χ2n) is 5.29. The molecule has 0 spiro atoms. The van der Waals surface area contributed by atoms with Crippen LogP contribution in [0.15, 0.2) is 71.8 Å². The van der Waals surface area contributed by atoms with Crippen molar-refractivity contribution in [2.24, 2.45) is 0 Å². The monoisotopic (exact) mass is 334 g/mol. The first-order chi connectivity index (χ1) is 11.6. The molecule has 0 radical (unpaired) electrons. The van der Waals surface area contributed by atoms with Crippen molar-refractivity contribution in [3.05, 3.63) is 77.4 Å². The molecule has 0 saturated heterocycles. The molecule has 118 valence electrons. The average molecular weight is 334 g/mol. The Kier molecular flexibility index (Phi) is 4.41. The first kappa shape index (κ1) is 15.9. The van der Waals surface area contributed by atoms with Crippen LogP contribution >= 0.6 is 12.6 Å². The van der Waals surface area contributed by atoms with E-state index in [4.69, 9.17) is 5.26 Å². The van der Waals surface area contributed by atoms with Crippen molar-refractivity contribution in [1.82, 2.24) is 5.32 Å². The number of carbonyl (C=O) groups is 1. The Morgan fingerprint density at radius 3 is 2.21 bits per heavy atom. The molecular formula is C19H14N2O2S. The van der Waals surface area contributed by atoms with Gasteiger partial charge in [0, 0.05) is 5.70 Å². The molecule has 1 aliphatic rings. The van der Waals surface area contributed by atoms with Crippen LogP contribution in [-0.2, 0) is 4.79 Å². The molecule has 2 N–H and O–H groups in total. The summed E-state index contributed by atoms with van der Waals surface area (Å²) in [6.45, 7) is 0. The van der Waals surface area contributed by atoms with Crippen molar-refractivity contribution in [2.75, 3.05) is 0 Å². The molecule has 2 aromatic carbocycles. The lowest BCUT2D eigenvalue weighted by molar-refractivity contribution is -0.132. The van der Waals surface area contributed by atoms with E-state index in [0.717, 1.165) is 16.7 Å². The van der Waals surface area contributed by atoms with Crippen LogP contribution in [-0.4, -0.2) is 16.4 Å². The minimum atomic E-state index is -1.13. The van der Waals surface area contributed by atoms with Gasteiger partial charge in [0.25, 0.3) is 0 Å². The van der Waals surface area contributed by atoms with E-state index in [1.54, 1.807) is 0 Å². The number of nitrogens with zero attached hydrogens (tertiary/aromatic N) is 1. The van der Waals surface area contributed by atoms with Gasteiger partial charge in [-0.25, -0.2) is 4.79 Å². The molecule has 5 heteroatoms. The molecule has 3 rings (SSSR count). The molecule has 0 saturated carbocycles. The first-order valence-corrected chi connectivity index (χ1v) is 7.81. The van der Waals surface area contributed by atoms with Gasteiger partial charge in [0.05, 0.1) is 17.2 Å². The number of rotatable bonds is 3. The topological polar surface area (TPSA) is 73.1 Å². The van der Waals surface area contributed by atoms with Gasteiger partial charge in [-0.15, -0.1) is 12.6 Å². The number of nitrogens with one attached hydrogen (secondary N) is 1. The van der Waals surface area contributed by atoms with E-state index in [9.17, 15) is 9.90 Å². The van der Waals surface area contributed by atoms with Gasteiger partial charge in [-0.05, 0) is 22.8 Å². The lowest BCUT2D eigenvalue weighted by Gasteiger charge is -2.23. The zero-order valence-corrected chi connectivity index (χ0v) is 13.5. The number of carboxylic acids is 1. The van der Waals surface area contributed by atoms with Gasteiger partial charge in [0.1, 0.15) is 5.37 Å². The lowest BCUT2D eigenvalue weighted by Crippen LogP contribution is -2.29. The molecule has 0 amide bonds. The smallest absolute Gasteiger partial charge is 0.336 e. The van der Waals surface area contributed by atoms with Crippen LogP contribution in [0.4, 0.5) is 0 Å². The van der Waals surface area contributed by atoms with Gasteiger partial charge >= 0.3 is 5.97 Å². The summed E-state index contributed by atoms with van der Waals surface area (Å²) in [5, 5.41) is 20.8. The summed E-state index contributed by atoms with van der Waals surface area (Å²) in [4.78, 5) is 11.4. The van der Waals surface area contributed by atoms with Crippen molar-refractivity contribution in [3.8, 4) is 17.2 Å². The second kappa shape index (κ2) is 6.65. The molecule has 0 bridgehead atoms. The van der Waals surface area contributed by atoms with Crippen LogP contribution in [0.1, 0.15) is 5.56 Å². The number of aliphatic carboxylic acids is 1. The maximum Gasteiger partial charge on any atom is 0.336 e. The summed E-state index contributed by atoms with van der Waals surface area (Å²) in [5.41, 5.74) is 3.73. The van der Waals surface area contributed by atoms with Gasteiger partial charge in [0.15, 0.2) is 0 Å². The van der Waals surface area contributed by atoms with Crippen LogP contribution in [0.5, 0.6) is 0 Å². The number of benzene rings is 2. The van der Waals surface area contributed by atoms with Crippen molar-refractivity contribution in [2.45, 2.75) is 5.37 Å². The van der Waals surface area contributed by atoms with Gasteiger partial charge in [-0.1, -0.05) is 54.6 Å². The molecule has 2 aromatic rings. The maximum absolute atomic E-state index is 11.4. The highest BCUT2D eigenvalue weighted by molar-refractivity contribution is 7.81. The largest absolute Gasteiger partial charge is 0.478 e. The van der Waals surface area contributed by atoms with E-state index in [-0.39, 0.29) is 11.1 Å². The van der Waals surface area contributed by atoms with Gasteiger partial charge < -0.3 is 10.4 Å². The highest BCUT2D eigenvalue weighted by Gasteiger charge is 2.24.